The molecule has 0 aromatic heterocycles. The molecule has 1 heterocycles. The molecule has 1 aliphatic rings. The van der Waals surface area contributed by atoms with Crippen molar-refractivity contribution in [1.29, 1.82) is 0 Å². The zero-order chi connectivity index (χ0) is 12.4. The lowest BCUT2D eigenvalue weighted by Crippen LogP contribution is -2.36. The van der Waals surface area contributed by atoms with E-state index < -0.39 is 0 Å². The van der Waals surface area contributed by atoms with Gasteiger partial charge in [-0.1, -0.05) is 6.92 Å². The average molecular weight is 261 g/mol. The molecule has 1 rings (SSSR count). The summed E-state index contributed by atoms with van der Waals surface area (Å²) in [5.74, 6) is 2.52. The van der Waals surface area contributed by atoms with Crippen LogP contribution >= 0.6 is 11.8 Å². The molecule has 102 valence electrons. The average Bonchev–Trinajstić information content (AvgIpc) is 2.80. The zero-order valence-corrected chi connectivity index (χ0v) is 12.1. The highest BCUT2D eigenvalue weighted by Gasteiger charge is 2.33. The number of nitrogens with one attached hydrogen (secondary N) is 1. The second-order valence-electron chi connectivity index (χ2n) is 4.77. The maximum absolute atomic E-state index is 5.60. The summed E-state index contributed by atoms with van der Waals surface area (Å²) in [6.07, 6.45) is 3.82. The first-order valence-electron chi connectivity index (χ1n) is 6.68. The van der Waals surface area contributed by atoms with Crippen molar-refractivity contribution in [2.24, 2.45) is 5.41 Å². The van der Waals surface area contributed by atoms with Crippen LogP contribution in [0, 0.1) is 5.41 Å². The molecule has 1 fully saturated rings. The second-order valence-corrected chi connectivity index (χ2v) is 6.17. The number of thioether (sulfide) groups is 1. The van der Waals surface area contributed by atoms with Crippen LogP contribution in [0.5, 0.6) is 0 Å². The highest BCUT2D eigenvalue weighted by atomic mass is 32.2. The molecule has 1 aliphatic heterocycles. The van der Waals surface area contributed by atoms with Crippen molar-refractivity contribution in [1.82, 2.24) is 5.32 Å². The topological polar surface area (TPSA) is 30.5 Å². The van der Waals surface area contributed by atoms with Gasteiger partial charge in [0.2, 0.25) is 0 Å². The normalized spacial score (nSPS) is 24.4. The van der Waals surface area contributed by atoms with Gasteiger partial charge in [0.15, 0.2) is 0 Å². The Morgan fingerprint density at radius 2 is 2.35 bits per heavy atom. The van der Waals surface area contributed by atoms with Crippen LogP contribution in [0.15, 0.2) is 0 Å². The van der Waals surface area contributed by atoms with E-state index in [0.717, 1.165) is 32.9 Å². The van der Waals surface area contributed by atoms with Gasteiger partial charge in [-0.3, -0.25) is 0 Å². The Morgan fingerprint density at radius 3 is 3.00 bits per heavy atom. The fourth-order valence-electron chi connectivity index (χ4n) is 2.30. The van der Waals surface area contributed by atoms with Crippen LogP contribution in [-0.4, -0.2) is 51.5 Å². The lowest BCUT2D eigenvalue weighted by atomic mass is 9.82. The molecule has 0 spiro atoms. The SMILES string of the molecule is CCSCCCC1(CNCCOC)CCOC1. The Morgan fingerprint density at radius 1 is 1.47 bits per heavy atom. The molecule has 1 atom stereocenters. The quantitative estimate of drug-likeness (QED) is 0.611. The molecule has 17 heavy (non-hydrogen) atoms. The van der Waals surface area contributed by atoms with Gasteiger partial charge in [0.25, 0.3) is 0 Å². The van der Waals surface area contributed by atoms with Crippen LogP contribution in [-0.2, 0) is 9.47 Å². The summed E-state index contributed by atoms with van der Waals surface area (Å²) < 4.78 is 10.7. The van der Waals surface area contributed by atoms with Crippen molar-refractivity contribution in [3.8, 4) is 0 Å². The minimum atomic E-state index is 0.391. The van der Waals surface area contributed by atoms with E-state index in [-0.39, 0.29) is 0 Å². The molecule has 0 aromatic carbocycles. The van der Waals surface area contributed by atoms with Crippen molar-refractivity contribution in [2.45, 2.75) is 26.2 Å². The van der Waals surface area contributed by atoms with E-state index in [1.807, 2.05) is 11.8 Å². The second kappa shape index (κ2) is 9.20. The predicted octanol–water partition coefficient (Wildman–Crippen LogP) is 2.16. The van der Waals surface area contributed by atoms with Crippen molar-refractivity contribution in [2.75, 3.05) is 51.5 Å². The van der Waals surface area contributed by atoms with Crippen molar-refractivity contribution in [3.05, 3.63) is 0 Å². The number of methoxy groups -OCH3 is 1. The van der Waals surface area contributed by atoms with Crippen molar-refractivity contribution < 1.29 is 9.47 Å². The molecule has 1 N–H and O–H groups in total. The minimum Gasteiger partial charge on any atom is -0.383 e. The highest BCUT2D eigenvalue weighted by molar-refractivity contribution is 7.99. The van der Waals surface area contributed by atoms with E-state index in [9.17, 15) is 0 Å². The van der Waals surface area contributed by atoms with Gasteiger partial charge in [-0.25, -0.2) is 0 Å². The number of ether oxygens (including phenoxy) is 2. The molecular formula is C13H27NO2S. The van der Waals surface area contributed by atoms with Gasteiger partial charge in [-0.2, -0.15) is 11.8 Å². The van der Waals surface area contributed by atoms with Crippen LogP contribution < -0.4 is 5.32 Å². The monoisotopic (exact) mass is 261 g/mol. The van der Waals surface area contributed by atoms with Gasteiger partial charge >= 0.3 is 0 Å². The maximum Gasteiger partial charge on any atom is 0.0587 e. The number of rotatable bonds is 10. The van der Waals surface area contributed by atoms with Crippen LogP contribution in [0.4, 0.5) is 0 Å². The fraction of sp³-hybridized carbons (Fsp3) is 1.00. The summed E-state index contributed by atoms with van der Waals surface area (Å²) in [6, 6.07) is 0. The Balaban J connectivity index is 2.19. The molecule has 0 bridgehead atoms. The van der Waals surface area contributed by atoms with E-state index in [0.29, 0.717) is 5.41 Å². The molecule has 1 saturated heterocycles. The first-order valence-corrected chi connectivity index (χ1v) is 7.83. The third-order valence-corrected chi connectivity index (χ3v) is 4.35. The molecule has 0 aromatic rings. The van der Waals surface area contributed by atoms with Crippen LogP contribution in [0.2, 0.25) is 0 Å². The molecule has 0 amide bonds. The summed E-state index contributed by atoms with van der Waals surface area (Å²) in [4.78, 5) is 0. The third-order valence-electron chi connectivity index (χ3n) is 3.37. The van der Waals surface area contributed by atoms with Gasteiger partial charge in [0, 0.05) is 32.2 Å². The summed E-state index contributed by atoms with van der Waals surface area (Å²) in [5, 5.41) is 3.50. The van der Waals surface area contributed by atoms with E-state index in [1.54, 1.807) is 7.11 Å². The first-order chi connectivity index (χ1) is 8.33. The summed E-state index contributed by atoms with van der Waals surface area (Å²) >= 11 is 2.04. The van der Waals surface area contributed by atoms with Gasteiger partial charge in [0.1, 0.15) is 0 Å². The van der Waals surface area contributed by atoms with Crippen molar-refractivity contribution >= 4 is 11.8 Å². The molecule has 0 saturated carbocycles. The number of hydrogen-bond acceptors (Lipinski definition) is 4. The van der Waals surface area contributed by atoms with Gasteiger partial charge in [-0.05, 0) is 30.8 Å². The molecule has 3 nitrogen and oxygen atoms in total. The largest absolute Gasteiger partial charge is 0.383 e. The van der Waals surface area contributed by atoms with Crippen LogP contribution in [0.25, 0.3) is 0 Å². The van der Waals surface area contributed by atoms with E-state index >= 15 is 0 Å². The Labute approximate surface area is 110 Å². The van der Waals surface area contributed by atoms with Crippen LogP contribution in [0.3, 0.4) is 0 Å². The Bertz CT molecular complexity index is 170. The molecule has 1 unspecified atom stereocenters. The minimum absolute atomic E-state index is 0.391. The molecular weight excluding hydrogens is 234 g/mol. The summed E-state index contributed by atoms with van der Waals surface area (Å²) in [6.45, 7) is 6.92. The Hall–Kier alpha value is 0.230. The highest BCUT2D eigenvalue weighted by Crippen LogP contribution is 2.33. The smallest absolute Gasteiger partial charge is 0.0587 e. The lowest BCUT2D eigenvalue weighted by molar-refractivity contribution is 0.139. The maximum atomic E-state index is 5.60. The van der Waals surface area contributed by atoms with Crippen LogP contribution in [0.1, 0.15) is 26.2 Å². The van der Waals surface area contributed by atoms with Gasteiger partial charge in [-0.15, -0.1) is 0 Å². The van der Waals surface area contributed by atoms with Gasteiger partial charge < -0.3 is 14.8 Å². The number of hydrogen-bond donors (Lipinski definition) is 1. The first kappa shape index (κ1) is 15.3. The molecule has 4 heteroatoms. The van der Waals surface area contributed by atoms with E-state index in [1.165, 1.54) is 30.8 Å². The lowest BCUT2D eigenvalue weighted by Gasteiger charge is -2.27. The predicted molar refractivity (Wildman–Crippen MR) is 74.8 cm³/mol. The third kappa shape index (κ3) is 6.09. The molecule has 0 aliphatic carbocycles. The summed E-state index contributed by atoms with van der Waals surface area (Å²) in [5.41, 5.74) is 0.391. The fourth-order valence-corrected chi connectivity index (χ4v) is 2.93. The Kier molecular flexibility index (Phi) is 8.27. The molecule has 0 radical (unpaired) electrons. The van der Waals surface area contributed by atoms with Crippen molar-refractivity contribution in [3.63, 3.8) is 0 Å². The van der Waals surface area contributed by atoms with E-state index in [4.69, 9.17) is 9.47 Å². The van der Waals surface area contributed by atoms with E-state index in [2.05, 4.69) is 12.2 Å². The standard InChI is InChI=1S/C13H27NO2S/c1-3-17-10-4-5-13(6-8-16-12-13)11-14-7-9-15-2/h14H,3-12H2,1-2H3. The zero-order valence-electron chi connectivity index (χ0n) is 11.3. The van der Waals surface area contributed by atoms with Gasteiger partial charge in [0.05, 0.1) is 13.2 Å². The summed E-state index contributed by atoms with van der Waals surface area (Å²) in [7, 11) is 1.75.